The largest absolute Gasteiger partial charge is 0.378 e. The van der Waals surface area contributed by atoms with Crippen LogP contribution >= 0.6 is 11.3 Å². The Morgan fingerprint density at radius 3 is 2.71 bits per heavy atom. The number of likely N-dealkylation sites (tertiary alicyclic amines) is 1. The van der Waals surface area contributed by atoms with Gasteiger partial charge >= 0.3 is 0 Å². The molecule has 3 aromatic rings. The average molecular weight is 340 g/mol. The van der Waals surface area contributed by atoms with E-state index in [1.54, 1.807) is 28.0 Å². The molecule has 1 saturated heterocycles. The number of amides is 1. The quantitative estimate of drug-likeness (QED) is 0.790. The number of aromatic nitrogens is 3. The Hall–Kier alpha value is -2.51. The van der Waals surface area contributed by atoms with Crippen LogP contribution in [0.5, 0.6) is 0 Å². The molecule has 0 radical (unpaired) electrons. The van der Waals surface area contributed by atoms with Gasteiger partial charge in [-0.1, -0.05) is 30.3 Å². The molecule has 0 unspecified atom stereocenters. The summed E-state index contributed by atoms with van der Waals surface area (Å²) in [7, 11) is 1.73. The fourth-order valence-corrected chi connectivity index (χ4v) is 3.86. The summed E-state index contributed by atoms with van der Waals surface area (Å²) in [6.45, 7) is 0.462. The molecule has 1 fully saturated rings. The van der Waals surface area contributed by atoms with Gasteiger partial charge in [-0.2, -0.15) is 5.10 Å². The molecule has 122 valence electrons. The van der Waals surface area contributed by atoms with E-state index in [-0.39, 0.29) is 19.0 Å². The minimum absolute atomic E-state index is 0.0692. The van der Waals surface area contributed by atoms with Gasteiger partial charge in [0, 0.05) is 17.3 Å². The van der Waals surface area contributed by atoms with Crippen molar-refractivity contribution in [1.29, 1.82) is 0 Å². The summed E-state index contributed by atoms with van der Waals surface area (Å²) in [6.07, 6.45) is 1.41. The first-order valence-electron chi connectivity index (χ1n) is 7.57. The van der Waals surface area contributed by atoms with E-state index in [4.69, 9.17) is 0 Å². The first-order valence-corrected chi connectivity index (χ1v) is 8.45. The lowest BCUT2D eigenvalue weighted by molar-refractivity contribution is -0.0943. The van der Waals surface area contributed by atoms with E-state index in [1.165, 1.54) is 6.33 Å². The highest BCUT2D eigenvalue weighted by Gasteiger charge is 2.48. The smallest absolute Gasteiger partial charge is 0.254 e. The zero-order valence-electron chi connectivity index (χ0n) is 13.1. The van der Waals surface area contributed by atoms with Crippen LogP contribution in [0.2, 0.25) is 0 Å². The number of hydrogen-bond donors (Lipinski definition) is 1. The lowest BCUT2D eigenvalue weighted by Crippen LogP contribution is -2.62. The van der Waals surface area contributed by atoms with Crippen LogP contribution in [0.1, 0.15) is 16.2 Å². The SMILES string of the molecule is Cn1ncnc1C1(O)CN(C(=O)c2csc(-c3ccccc3)c2)C1. The summed E-state index contributed by atoms with van der Waals surface area (Å²) < 4.78 is 1.54. The van der Waals surface area contributed by atoms with Crippen molar-refractivity contribution in [3.05, 3.63) is 59.5 Å². The highest BCUT2D eigenvalue weighted by atomic mass is 32.1. The molecule has 0 aliphatic carbocycles. The molecule has 1 aromatic carbocycles. The number of aliphatic hydroxyl groups is 1. The normalized spacial score (nSPS) is 16.0. The molecule has 1 N–H and O–H groups in total. The zero-order chi connectivity index (χ0) is 16.7. The summed E-state index contributed by atoms with van der Waals surface area (Å²) in [5.41, 5.74) is 0.638. The van der Waals surface area contributed by atoms with Gasteiger partial charge < -0.3 is 10.0 Å². The fourth-order valence-electron chi connectivity index (χ4n) is 2.97. The third kappa shape index (κ3) is 2.42. The first-order chi connectivity index (χ1) is 11.6. The Labute approximate surface area is 143 Å². The lowest BCUT2D eigenvalue weighted by atomic mass is 9.92. The summed E-state index contributed by atoms with van der Waals surface area (Å²) >= 11 is 1.55. The van der Waals surface area contributed by atoms with Crippen LogP contribution in [0, 0.1) is 0 Å². The standard InChI is InChI=1S/C17H16N4O2S/c1-20-16(18-11-19-20)17(23)9-21(10-17)15(22)13-7-14(24-8-13)12-5-3-2-4-6-12/h2-8,11,23H,9-10H2,1H3. The van der Waals surface area contributed by atoms with E-state index < -0.39 is 5.60 Å². The van der Waals surface area contributed by atoms with E-state index >= 15 is 0 Å². The topological polar surface area (TPSA) is 71.2 Å². The van der Waals surface area contributed by atoms with Crippen LogP contribution in [-0.2, 0) is 12.6 Å². The number of carbonyl (C=O) groups excluding carboxylic acids is 1. The molecule has 1 aliphatic rings. The second kappa shape index (κ2) is 5.54. The molecule has 3 heterocycles. The van der Waals surface area contributed by atoms with E-state index in [9.17, 15) is 9.90 Å². The third-order valence-corrected chi connectivity index (χ3v) is 5.20. The molecule has 6 nitrogen and oxygen atoms in total. The molecule has 0 spiro atoms. The van der Waals surface area contributed by atoms with Gasteiger partial charge in [0.2, 0.25) is 0 Å². The summed E-state index contributed by atoms with van der Waals surface area (Å²) in [5.74, 6) is 0.419. The second-order valence-corrected chi connectivity index (χ2v) is 6.88. The Kier molecular flexibility index (Phi) is 3.47. The maximum atomic E-state index is 12.6. The fraction of sp³-hybridized carbons (Fsp3) is 0.235. The van der Waals surface area contributed by atoms with Gasteiger partial charge in [0.25, 0.3) is 5.91 Å². The van der Waals surface area contributed by atoms with Crippen molar-refractivity contribution < 1.29 is 9.90 Å². The van der Waals surface area contributed by atoms with Gasteiger partial charge in [0.15, 0.2) is 11.4 Å². The zero-order valence-corrected chi connectivity index (χ0v) is 13.9. The molecule has 1 amide bonds. The maximum Gasteiger partial charge on any atom is 0.254 e. The van der Waals surface area contributed by atoms with E-state index in [1.807, 2.05) is 41.8 Å². The Balaban J connectivity index is 1.49. The van der Waals surface area contributed by atoms with Gasteiger partial charge in [-0.25, -0.2) is 4.98 Å². The summed E-state index contributed by atoms with van der Waals surface area (Å²) in [6, 6.07) is 11.9. The molecule has 0 bridgehead atoms. The molecular weight excluding hydrogens is 324 g/mol. The number of benzene rings is 1. The first kappa shape index (κ1) is 15.0. The van der Waals surface area contributed by atoms with E-state index in [0.717, 1.165) is 10.4 Å². The minimum atomic E-state index is -1.11. The number of carbonyl (C=O) groups is 1. The van der Waals surface area contributed by atoms with E-state index in [2.05, 4.69) is 10.1 Å². The Morgan fingerprint density at radius 2 is 2.04 bits per heavy atom. The average Bonchev–Trinajstić information content (AvgIpc) is 3.21. The molecule has 0 saturated carbocycles. The Morgan fingerprint density at radius 1 is 1.29 bits per heavy atom. The highest BCUT2D eigenvalue weighted by molar-refractivity contribution is 7.13. The van der Waals surface area contributed by atoms with Gasteiger partial charge in [-0.15, -0.1) is 11.3 Å². The van der Waals surface area contributed by atoms with Crippen LogP contribution in [0.3, 0.4) is 0 Å². The molecule has 1 aliphatic heterocycles. The number of hydrogen-bond acceptors (Lipinski definition) is 5. The molecule has 4 rings (SSSR count). The number of rotatable bonds is 3. The Bertz CT molecular complexity index is 881. The van der Waals surface area contributed by atoms with Crippen LogP contribution in [0.4, 0.5) is 0 Å². The van der Waals surface area contributed by atoms with E-state index in [0.29, 0.717) is 11.4 Å². The summed E-state index contributed by atoms with van der Waals surface area (Å²) in [4.78, 5) is 19.4. The van der Waals surface area contributed by atoms with Crippen molar-refractivity contribution in [2.45, 2.75) is 5.60 Å². The van der Waals surface area contributed by atoms with Crippen molar-refractivity contribution >= 4 is 17.2 Å². The van der Waals surface area contributed by atoms with Gasteiger partial charge in [-0.3, -0.25) is 9.48 Å². The molecule has 2 aromatic heterocycles. The number of β-amino-alcohol motifs (C(OH)–C–C–N with tert-alkyl or cyclic N) is 1. The number of aryl methyl sites for hydroxylation is 1. The van der Waals surface area contributed by atoms with Crippen molar-refractivity contribution in [2.24, 2.45) is 7.05 Å². The van der Waals surface area contributed by atoms with Crippen LogP contribution < -0.4 is 0 Å². The molecule has 7 heteroatoms. The van der Waals surface area contributed by atoms with Crippen molar-refractivity contribution in [1.82, 2.24) is 19.7 Å². The minimum Gasteiger partial charge on any atom is -0.378 e. The van der Waals surface area contributed by atoms with Gasteiger partial charge in [-0.05, 0) is 11.6 Å². The third-order valence-electron chi connectivity index (χ3n) is 4.22. The molecule has 0 atom stereocenters. The number of nitrogens with zero attached hydrogens (tertiary/aromatic N) is 4. The second-order valence-electron chi connectivity index (χ2n) is 5.97. The van der Waals surface area contributed by atoms with Crippen LogP contribution in [0.25, 0.3) is 10.4 Å². The predicted octanol–water partition coefficient (Wildman–Crippen LogP) is 1.89. The maximum absolute atomic E-state index is 12.6. The van der Waals surface area contributed by atoms with Crippen molar-refractivity contribution in [2.75, 3.05) is 13.1 Å². The van der Waals surface area contributed by atoms with Gasteiger partial charge in [0.1, 0.15) is 6.33 Å². The monoisotopic (exact) mass is 340 g/mol. The summed E-state index contributed by atoms with van der Waals surface area (Å²) in [5, 5.41) is 16.4. The molecule has 24 heavy (non-hydrogen) atoms. The number of thiophene rings is 1. The highest BCUT2D eigenvalue weighted by Crippen LogP contribution is 2.33. The van der Waals surface area contributed by atoms with Gasteiger partial charge in [0.05, 0.1) is 18.7 Å². The van der Waals surface area contributed by atoms with Crippen molar-refractivity contribution in [3.63, 3.8) is 0 Å². The van der Waals surface area contributed by atoms with Crippen LogP contribution in [-0.4, -0.2) is 43.8 Å². The predicted molar refractivity (Wildman–Crippen MR) is 90.6 cm³/mol. The lowest BCUT2D eigenvalue weighted by Gasteiger charge is -2.45. The van der Waals surface area contributed by atoms with Crippen LogP contribution in [0.15, 0.2) is 48.1 Å². The van der Waals surface area contributed by atoms with Crippen molar-refractivity contribution in [3.8, 4) is 10.4 Å². The molecular formula is C17H16N4O2S.